The first kappa shape index (κ1) is 26.5. The largest absolute Gasteiger partial charge is 0.466 e. The Hall–Kier alpha value is -2.09. The van der Waals surface area contributed by atoms with Gasteiger partial charge in [0, 0.05) is 25.1 Å². The van der Waals surface area contributed by atoms with Gasteiger partial charge in [-0.15, -0.1) is 11.3 Å². The van der Waals surface area contributed by atoms with Gasteiger partial charge in [-0.1, -0.05) is 55.0 Å². The van der Waals surface area contributed by atoms with Crippen LogP contribution in [0.3, 0.4) is 0 Å². The number of hydrogen-bond donors (Lipinski definition) is 0. The number of nitrogens with zero attached hydrogens (tertiary/aromatic N) is 3. The molecule has 34 heavy (non-hydrogen) atoms. The van der Waals surface area contributed by atoms with E-state index in [2.05, 4.69) is 29.0 Å². The maximum Gasteiger partial charge on any atom is 0.305 e. The van der Waals surface area contributed by atoms with Gasteiger partial charge in [0.1, 0.15) is 4.88 Å². The highest BCUT2D eigenvalue weighted by atomic mass is 35.5. The van der Waals surface area contributed by atoms with Gasteiger partial charge in [0.05, 0.1) is 22.3 Å². The number of carbonyl (C=O) groups excluding carboxylic acids is 1. The summed E-state index contributed by atoms with van der Waals surface area (Å²) >= 11 is 14.3. The summed E-state index contributed by atoms with van der Waals surface area (Å²) in [7, 11) is 2.06. The fraction of sp³-hybridized carbons (Fsp3) is 0.480. The number of hydrogen-bond acceptors (Lipinski definition) is 7. The average Bonchev–Trinajstić information content (AvgIpc) is 3.47. The quantitative estimate of drug-likeness (QED) is 0.167. The molecule has 0 bridgehead atoms. The summed E-state index contributed by atoms with van der Waals surface area (Å²) in [4.78, 5) is 19.2. The van der Waals surface area contributed by atoms with E-state index < -0.39 is 0 Å². The molecule has 0 spiro atoms. The van der Waals surface area contributed by atoms with E-state index in [1.807, 2.05) is 36.6 Å². The topological polar surface area (TPSA) is 68.5 Å². The lowest BCUT2D eigenvalue weighted by atomic mass is 10.0. The van der Waals surface area contributed by atoms with Crippen molar-refractivity contribution in [3.63, 3.8) is 0 Å². The molecule has 3 rings (SSSR count). The maximum atomic E-state index is 11.7. The number of carbonyl (C=O) groups is 1. The Morgan fingerprint density at radius 2 is 1.94 bits per heavy atom. The summed E-state index contributed by atoms with van der Waals surface area (Å²) in [6.07, 6.45) is 6.23. The molecule has 0 amide bonds. The molecule has 9 heteroatoms. The van der Waals surface area contributed by atoms with E-state index in [9.17, 15) is 4.79 Å². The van der Waals surface area contributed by atoms with Crippen LogP contribution < -0.4 is 4.90 Å². The van der Waals surface area contributed by atoms with Crippen molar-refractivity contribution in [1.29, 1.82) is 0 Å². The minimum atomic E-state index is -0.125. The zero-order valence-corrected chi connectivity index (χ0v) is 22.2. The van der Waals surface area contributed by atoms with E-state index in [0.29, 0.717) is 34.8 Å². The number of rotatable bonds is 13. The molecule has 0 saturated heterocycles. The zero-order valence-electron chi connectivity index (χ0n) is 19.9. The predicted molar refractivity (Wildman–Crippen MR) is 140 cm³/mol. The van der Waals surface area contributed by atoms with Crippen molar-refractivity contribution >= 4 is 46.2 Å². The van der Waals surface area contributed by atoms with Crippen LogP contribution in [-0.2, 0) is 9.53 Å². The van der Waals surface area contributed by atoms with Crippen LogP contribution in [0.2, 0.25) is 10.0 Å². The Morgan fingerprint density at radius 1 is 1.15 bits per heavy atom. The van der Waals surface area contributed by atoms with E-state index in [1.54, 1.807) is 0 Å². The Labute approximate surface area is 215 Å². The lowest BCUT2D eigenvalue weighted by Crippen LogP contribution is -2.32. The van der Waals surface area contributed by atoms with E-state index in [0.717, 1.165) is 54.7 Å². The summed E-state index contributed by atoms with van der Waals surface area (Å²) in [5, 5.41) is 7.29. The van der Waals surface area contributed by atoms with Crippen molar-refractivity contribution in [3.8, 4) is 22.2 Å². The first-order valence-corrected chi connectivity index (χ1v) is 13.3. The van der Waals surface area contributed by atoms with Crippen LogP contribution in [0.15, 0.2) is 34.2 Å². The molecule has 0 radical (unpaired) electrons. The van der Waals surface area contributed by atoms with Crippen LogP contribution in [0.4, 0.5) is 5.69 Å². The number of esters is 1. The Kier molecular flexibility index (Phi) is 10.2. The van der Waals surface area contributed by atoms with E-state index in [4.69, 9.17) is 32.5 Å². The van der Waals surface area contributed by atoms with Gasteiger partial charge in [-0.3, -0.25) is 4.79 Å². The third-order valence-corrected chi connectivity index (χ3v) is 7.31. The molecule has 1 aromatic carbocycles. The molecule has 6 nitrogen and oxygen atoms in total. The van der Waals surface area contributed by atoms with Crippen LogP contribution >= 0.6 is 34.5 Å². The standard InChI is InChI=1S/C25H31Cl2N3O3S/c1-4-6-9-18(10-7-14-32-22(31)8-5-2)30(3)21-16-17(11-12-19(21)26)24-28-25(33-29-24)23-20(27)13-15-34-23/h11-13,15-16,18H,4-10,14H2,1-3H3. The molecular weight excluding hydrogens is 493 g/mol. The van der Waals surface area contributed by atoms with Crippen LogP contribution in [0.25, 0.3) is 22.2 Å². The summed E-state index contributed by atoms with van der Waals surface area (Å²) in [5.41, 5.74) is 1.72. The molecule has 1 unspecified atom stereocenters. The summed E-state index contributed by atoms with van der Waals surface area (Å²) in [6, 6.07) is 7.82. The number of anilines is 1. The van der Waals surface area contributed by atoms with Crippen molar-refractivity contribution in [1.82, 2.24) is 10.1 Å². The van der Waals surface area contributed by atoms with Crippen molar-refractivity contribution in [3.05, 3.63) is 39.7 Å². The molecule has 184 valence electrons. The average molecular weight is 525 g/mol. The lowest BCUT2D eigenvalue weighted by Gasteiger charge is -2.31. The Morgan fingerprint density at radius 3 is 2.65 bits per heavy atom. The fourth-order valence-electron chi connectivity index (χ4n) is 3.75. The summed E-state index contributed by atoms with van der Waals surface area (Å²) < 4.78 is 10.8. The highest BCUT2D eigenvalue weighted by Crippen LogP contribution is 2.35. The van der Waals surface area contributed by atoms with Crippen LogP contribution in [-0.4, -0.2) is 35.8 Å². The molecule has 0 saturated carbocycles. The summed E-state index contributed by atoms with van der Waals surface area (Å²) in [5.74, 6) is 0.761. The van der Waals surface area contributed by atoms with Gasteiger partial charge >= 0.3 is 5.97 Å². The molecule has 0 fully saturated rings. The zero-order chi connectivity index (χ0) is 24.5. The second kappa shape index (κ2) is 13.1. The third-order valence-electron chi connectivity index (χ3n) is 5.66. The third kappa shape index (κ3) is 6.96. The molecule has 0 aliphatic heterocycles. The molecule has 2 heterocycles. The van der Waals surface area contributed by atoms with Gasteiger partial charge in [-0.25, -0.2) is 0 Å². The molecule has 0 N–H and O–H groups in total. The number of thiophene rings is 1. The van der Waals surface area contributed by atoms with Gasteiger partial charge in [-0.2, -0.15) is 4.98 Å². The van der Waals surface area contributed by atoms with Crippen LogP contribution in [0.1, 0.15) is 58.8 Å². The van der Waals surface area contributed by atoms with E-state index in [-0.39, 0.29) is 12.0 Å². The minimum absolute atomic E-state index is 0.125. The SMILES string of the molecule is CCCCC(CCCOC(=O)CCC)N(C)c1cc(-c2noc(-c3sccc3Cl)n2)ccc1Cl. The number of aromatic nitrogens is 2. The van der Waals surface area contributed by atoms with E-state index in [1.165, 1.54) is 11.3 Å². The number of ether oxygens (including phenoxy) is 1. The first-order chi connectivity index (χ1) is 16.4. The molecule has 3 aromatic rings. The normalized spacial score (nSPS) is 12.0. The number of unbranched alkanes of at least 4 members (excludes halogenated alkanes) is 1. The molecule has 0 aliphatic rings. The summed E-state index contributed by atoms with van der Waals surface area (Å²) in [6.45, 7) is 4.60. The van der Waals surface area contributed by atoms with Crippen molar-refractivity contribution < 1.29 is 14.1 Å². The van der Waals surface area contributed by atoms with Gasteiger partial charge < -0.3 is 14.2 Å². The first-order valence-electron chi connectivity index (χ1n) is 11.7. The Bertz CT molecular complexity index is 1070. The van der Waals surface area contributed by atoms with Gasteiger partial charge in [0.2, 0.25) is 5.82 Å². The van der Waals surface area contributed by atoms with Crippen LogP contribution in [0, 0.1) is 0 Å². The molecule has 1 atom stereocenters. The second-order valence-corrected chi connectivity index (χ2v) is 9.94. The number of halogens is 2. The highest BCUT2D eigenvalue weighted by Gasteiger charge is 2.20. The highest BCUT2D eigenvalue weighted by molar-refractivity contribution is 7.14. The lowest BCUT2D eigenvalue weighted by molar-refractivity contribution is -0.143. The van der Waals surface area contributed by atoms with Gasteiger partial charge in [0.15, 0.2) is 0 Å². The van der Waals surface area contributed by atoms with E-state index >= 15 is 0 Å². The van der Waals surface area contributed by atoms with Crippen molar-refractivity contribution in [2.45, 2.75) is 64.8 Å². The van der Waals surface area contributed by atoms with Crippen molar-refractivity contribution in [2.24, 2.45) is 0 Å². The molecular formula is C25H31Cl2N3O3S. The predicted octanol–water partition coefficient (Wildman–Crippen LogP) is 7.89. The Balaban J connectivity index is 1.74. The fourth-order valence-corrected chi connectivity index (χ4v) is 5.06. The number of benzene rings is 1. The van der Waals surface area contributed by atoms with Gasteiger partial charge in [0.25, 0.3) is 5.89 Å². The molecule has 2 aromatic heterocycles. The van der Waals surface area contributed by atoms with Crippen LogP contribution in [0.5, 0.6) is 0 Å². The monoisotopic (exact) mass is 523 g/mol. The van der Waals surface area contributed by atoms with Crippen molar-refractivity contribution in [2.75, 3.05) is 18.6 Å². The minimum Gasteiger partial charge on any atom is -0.466 e. The molecule has 0 aliphatic carbocycles. The second-order valence-electron chi connectivity index (χ2n) is 8.21. The maximum absolute atomic E-state index is 11.7. The van der Waals surface area contributed by atoms with Gasteiger partial charge in [-0.05, 0) is 55.3 Å². The smallest absolute Gasteiger partial charge is 0.305 e.